The van der Waals surface area contributed by atoms with Crippen molar-refractivity contribution in [3.05, 3.63) is 54.7 Å². The average Bonchev–Trinajstić information content (AvgIpc) is 2.86. The first-order valence-corrected chi connectivity index (χ1v) is 16.5. The number of halogens is 2. The van der Waals surface area contributed by atoms with Crippen molar-refractivity contribution < 1.29 is 33.6 Å². The number of ether oxygens (including phenoxy) is 4. The molecular weight excluding hydrogens is 762 g/mol. The Bertz CT molecular complexity index is 1140. The molecule has 1 N–H and O–H groups in total. The van der Waals surface area contributed by atoms with Crippen LogP contribution in [-0.2, 0) is 36.6 Å². The zero-order valence-corrected chi connectivity index (χ0v) is 30.8. The fourth-order valence-corrected chi connectivity index (χ4v) is 4.72. The van der Waals surface area contributed by atoms with Crippen LogP contribution >= 0.6 is 45.2 Å². The molecule has 0 aliphatic rings. The van der Waals surface area contributed by atoms with Crippen molar-refractivity contribution >= 4 is 57.1 Å². The first-order chi connectivity index (χ1) is 19.4. The van der Waals surface area contributed by atoms with Gasteiger partial charge in [-0.05, 0) is 154 Å². The van der Waals surface area contributed by atoms with Gasteiger partial charge in [-0.1, -0.05) is 20.8 Å². The highest BCUT2D eigenvalue weighted by molar-refractivity contribution is 14.1. The van der Waals surface area contributed by atoms with Crippen molar-refractivity contribution in [1.82, 2.24) is 0 Å². The molecule has 0 amide bonds. The molecule has 0 aliphatic heterocycles. The predicted molar refractivity (Wildman–Crippen MR) is 184 cm³/mol. The summed E-state index contributed by atoms with van der Waals surface area (Å²) in [6.07, 6.45) is 2.22. The quantitative estimate of drug-likeness (QED) is 0.132. The highest BCUT2D eigenvalue weighted by Crippen LogP contribution is 2.24. The van der Waals surface area contributed by atoms with Gasteiger partial charge in [-0.15, -0.1) is 0 Å². The van der Waals surface area contributed by atoms with E-state index in [9.17, 15) is 14.7 Å². The van der Waals surface area contributed by atoms with Gasteiger partial charge < -0.3 is 24.1 Å². The van der Waals surface area contributed by atoms with Crippen LogP contribution in [0.5, 0.6) is 11.5 Å². The van der Waals surface area contributed by atoms with E-state index >= 15 is 0 Å². The van der Waals surface area contributed by atoms with E-state index in [1.807, 2.05) is 79.7 Å². The normalized spacial score (nSPS) is 12.9. The second-order valence-electron chi connectivity index (χ2n) is 12.3. The van der Waals surface area contributed by atoms with E-state index in [1.54, 1.807) is 12.1 Å². The first kappa shape index (κ1) is 38.4. The lowest BCUT2D eigenvalue weighted by atomic mass is 10.0. The maximum atomic E-state index is 12.2. The molecule has 0 radical (unpaired) electrons. The number of rotatable bonds is 12. The van der Waals surface area contributed by atoms with Crippen LogP contribution < -0.4 is 4.74 Å². The van der Waals surface area contributed by atoms with Crippen molar-refractivity contribution in [3.63, 3.8) is 0 Å². The van der Waals surface area contributed by atoms with Gasteiger partial charge in [-0.25, -0.2) is 0 Å². The highest BCUT2D eigenvalue weighted by atomic mass is 127. The minimum atomic E-state index is -0.461. The summed E-state index contributed by atoms with van der Waals surface area (Å²) < 4.78 is 24.1. The zero-order chi connectivity index (χ0) is 32.1. The number of phenols is 1. The van der Waals surface area contributed by atoms with Gasteiger partial charge in [0.1, 0.15) is 29.3 Å². The van der Waals surface area contributed by atoms with Crippen LogP contribution in [0.3, 0.4) is 0 Å². The van der Waals surface area contributed by atoms with Crippen LogP contribution in [0.25, 0.3) is 0 Å². The van der Waals surface area contributed by atoms with Gasteiger partial charge in [0.15, 0.2) is 0 Å². The van der Waals surface area contributed by atoms with E-state index in [0.29, 0.717) is 26.1 Å². The number of aromatic hydroxyl groups is 1. The molecule has 42 heavy (non-hydrogen) atoms. The van der Waals surface area contributed by atoms with E-state index in [0.717, 1.165) is 37.0 Å². The Morgan fingerprint density at radius 2 is 1.24 bits per heavy atom. The molecule has 2 atom stereocenters. The van der Waals surface area contributed by atoms with Gasteiger partial charge in [0, 0.05) is 13.7 Å². The van der Waals surface area contributed by atoms with E-state index in [4.69, 9.17) is 18.9 Å². The Morgan fingerprint density at radius 3 is 1.71 bits per heavy atom. The zero-order valence-electron chi connectivity index (χ0n) is 26.5. The van der Waals surface area contributed by atoms with Crippen LogP contribution in [0.15, 0.2) is 36.4 Å². The van der Waals surface area contributed by atoms with Gasteiger partial charge in [-0.3, -0.25) is 9.59 Å². The molecular formula is C33H48I2O7. The fourth-order valence-electron chi connectivity index (χ4n) is 3.61. The molecule has 2 rings (SSSR count). The number of hydrogen-bond donors (Lipinski definition) is 1. The third-order valence-electron chi connectivity index (χ3n) is 5.56. The van der Waals surface area contributed by atoms with Crippen LogP contribution in [0, 0.1) is 19.0 Å². The van der Waals surface area contributed by atoms with Gasteiger partial charge in [-0.2, -0.15) is 0 Å². The predicted octanol–water partition coefficient (Wildman–Crippen LogP) is 8.13. The average molecular weight is 811 g/mol. The second-order valence-corrected chi connectivity index (χ2v) is 14.6. The third-order valence-corrected chi connectivity index (χ3v) is 7.67. The Hall–Kier alpha value is -1.60. The molecule has 0 fully saturated rings. The Balaban J connectivity index is 0.000000437. The lowest BCUT2D eigenvalue weighted by molar-refractivity contribution is -0.160. The summed E-state index contributed by atoms with van der Waals surface area (Å²) >= 11 is 4.48. The molecule has 2 aromatic carbocycles. The Morgan fingerprint density at radius 1 is 0.762 bits per heavy atom. The molecule has 0 bridgehead atoms. The number of carbonyl (C=O) groups excluding carboxylic acids is 2. The monoisotopic (exact) mass is 810 g/mol. The Kier molecular flexibility index (Phi) is 16.7. The molecule has 236 valence electrons. The maximum absolute atomic E-state index is 12.2. The summed E-state index contributed by atoms with van der Waals surface area (Å²) in [5, 5.41) is 9.46. The van der Waals surface area contributed by atoms with Crippen LogP contribution in [-0.4, -0.2) is 48.1 Å². The summed E-state index contributed by atoms with van der Waals surface area (Å²) in [5.74, 6) is 0.239. The molecule has 0 aliphatic carbocycles. The minimum Gasteiger partial charge on any atom is -0.508 e. The lowest BCUT2D eigenvalue weighted by Crippen LogP contribution is -2.28. The second kappa shape index (κ2) is 18.3. The molecule has 0 aromatic heterocycles. The number of esters is 2. The Labute approximate surface area is 279 Å². The smallest absolute Gasteiger partial charge is 0.309 e. The number of carbonyl (C=O) groups is 2. The molecule has 0 spiro atoms. The number of phenolic OH excluding ortho intramolecular Hbond substituents is 1. The standard InChI is InChI=1S/C19H29IO4.C14H19IO3/c1-6-9-22-10-11-23-16-7-8-17(20)15(13-16)12-14(2)18(21)24-19(3,4)5;1-9(13(17)18-14(2,3)4)7-10-8-11(16)5-6-12(10)15/h7-8,13-14H,6,9-12H2,1-5H3;5-6,8-9,16H,7H2,1-4H3/t14-;9-/m00/s1. The molecule has 0 saturated heterocycles. The van der Waals surface area contributed by atoms with Gasteiger partial charge in [0.2, 0.25) is 0 Å². The van der Waals surface area contributed by atoms with E-state index in [1.165, 1.54) is 0 Å². The summed E-state index contributed by atoms with van der Waals surface area (Å²) in [7, 11) is 0. The van der Waals surface area contributed by atoms with Gasteiger partial charge >= 0.3 is 11.9 Å². The number of benzene rings is 2. The molecule has 0 saturated carbocycles. The summed E-state index contributed by atoms with van der Waals surface area (Å²) in [5.41, 5.74) is 1.15. The van der Waals surface area contributed by atoms with Crippen molar-refractivity contribution in [2.24, 2.45) is 11.8 Å². The maximum Gasteiger partial charge on any atom is 0.309 e. The molecule has 7 nitrogen and oxygen atoms in total. The number of hydrogen-bond acceptors (Lipinski definition) is 7. The SMILES string of the molecule is CCCOCCOc1ccc(I)c(C[C@H](C)C(=O)OC(C)(C)C)c1.C[C@@H](Cc1cc(O)ccc1I)C(=O)OC(C)(C)C. The van der Waals surface area contributed by atoms with E-state index in [-0.39, 0.29) is 29.5 Å². The third kappa shape index (κ3) is 16.3. The molecule has 0 unspecified atom stereocenters. The topological polar surface area (TPSA) is 91.3 Å². The van der Waals surface area contributed by atoms with Crippen molar-refractivity contribution in [2.75, 3.05) is 19.8 Å². The first-order valence-electron chi connectivity index (χ1n) is 14.3. The van der Waals surface area contributed by atoms with Crippen LogP contribution in [0.2, 0.25) is 0 Å². The fraction of sp³-hybridized carbons (Fsp3) is 0.576. The van der Waals surface area contributed by atoms with E-state index in [2.05, 4.69) is 52.1 Å². The molecule has 2 aromatic rings. The van der Waals surface area contributed by atoms with Crippen molar-refractivity contribution in [3.8, 4) is 11.5 Å². The largest absolute Gasteiger partial charge is 0.508 e. The van der Waals surface area contributed by atoms with Crippen LogP contribution in [0.1, 0.15) is 79.9 Å². The molecule has 0 heterocycles. The van der Waals surface area contributed by atoms with E-state index < -0.39 is 11.2 Å². The van der Waals surface area contributed by atoms with Crippen LogP contribution in [0.4, 0.5) is 0 Å². The van der Waals surface area contributed by atoms with Gasteiger partial charge in [0.25, 0.3) is 0 Å². The lowest BCUT2D eigenvalue weighted by Gasteiger charge is -2.22. The van der Waals surface area contributed by atoms with Gasteiger partial charge in [0.05, 0.1) is 18.4 Å². The highest BCUT2D eigenvalue weighted by Gasteiger charge is 2.23. The minimum absolute atomic E-state index is 0.169. The summed E-state index contributed by atoms with van der Waals surface area (Å²) in [6, 6.07) is 11.1. The summed E-state index contributed by atoms with van der Waals surface area (Å²) in [6.45, 7) is 18.9. The molecule has 9 heteroatoms. The summed E-state index contributed by atoms with van der Waals surface area (Å²) in [4.78, 5) is 24.0. The van der Waals surface area contributed by atoms with Crippen molar-refractivity contribution in [1.29, 1.82) is 0 Å². The van der Waals surface area contributed by atoms with Crippen molar-refractivity contribution in [2.45, 2.75) is 92.8 Å².